The summed E-state index contributed by atoms with van der Waals surface area (Å²) in [5.41, 5.74) is 2.00. The van der Waals surface area contributed by atoms with E-state index in [0.717, 1.165) is 55.9 Å². The van der Waals surface area contributed by atoms with Crippen LogP contribution in [0, 0.1) is 6.92 Å². The quantitative estimate of drug-likeness (QED) is 0.586. The minimum Gasteiger partial charge on any atom is -0.460 e. The molecule has 34 heavy (non-hydrogen) atoms. The number of halogens is 3. The van der Waals surface area contributed by atoms with E-state index < -0.39 is 12.8 Å². The molecular weight excluding hydrogens is 475 g/mol. The first-order valence-corrected chi connectivity index (χ1v) is 12.2. The van der Waals surface area contributed by atoms with Gasteiger partial charge in [-0.1, -0.05) is 21.7 Å². The largest absolute Gasteiger partial charge is 0.460 e. The molecule has 0 bridgehead atoms. The van der Waals surface area contributed by atoms with Crippen LogP contribution < -0.4 is 10.1 Å². The monoisotopic (exact) mass is 503 g/mol. The maximum Gasteiger partial charge on any atom is 0.422 e. The number of nitrogens with one attached hydrogen (secondary N) is 1. The van der Waals surface area contributed by atoms with Crippen LogP contribution in [0.3, 0.4) is 0 Å². The van der Waals surface area contributed by atoms with E-state index in [4.69, 9.17) is 9.47 Å². The third kappa shape index (κ3) is 7.12. The average molecular weight is 504 g/mol. The summed E-state index contributed by atoms with van der Waals surface area (Å²) in [6, 6.07) is -0.0158. The lowest BCUT2D eigenvalue weighted by atomic mass is 10.0. The van der Waals surface area contributed by atoms with Crippen molar-refractivity contribution in [3.05, 3.63) is 22.0 Å². The molecule has 0 aromatic carbocycles. The summed E-state index contributed by atoms with van der Waals surface area (Å²) in [6.07, 6.45) is -0.00289. The van der Waals surface area contributed by atoms with Gasteiger partial charge in [-0.3, -0.25) is 4.79 Å². The van der Waals surface area contributed by atoms with E-state index in [2.05, 4.69) is 30.1 Å². The van der Waals surface area contributed by atoms with Crippen molar-refractivity contribution in [2.45, 2.75) is 63.8 Å². The zero-order valence-electron chi connectivity index (χ0n) is 18.9. The summed E-state index contributed by atoms with van der Waals surface area (Å²) >= 11 is 1.21. The molecule has 0 unspecified atom stereocenters. The molecule has 0 spiro atoms. The molecule has 2 aromatic heterocycles. The Balaban J connectivity index is 1.14. The van der Waals surface area contributed by atoms with Gasteiger partial charge in [0.25, 0.3) is 5.19 Å². The van der Waals surface area contributed by atoms with Crippen molar-refractivity contribution < 1.29 is 32.1 Å². The zero-order chi connectivity index (χ0) is 24.1. The topological polar surface area (TPSA) is 103 Å². The molecule has 2 aromatic rings. The van der Waals surface area contributed by atoms with Gasteiger partial charge in [-0.2, -0.15) is 13.2 Å². The van der Waals surface area contributed by atoms with Crippen molar-refractivity contribution in [1.29, 1.82) is 0 Å². The fraction of sp³-hybridized carbons (Fsp3) is 0.714. The molecule has 4 rings (SSSR count). The number of ether oxygens (including phenoxy) is 2. The number of nitrogens with zero attached hydrogens (tertiary/aromatic N) is 4. The van der Waals surface area contributed by atoms with Crippen LogP contribution in [0.5, 0.6) is 5.19 Å². The number of alkyl halides is 3. The van der Waals surface area contributed by atoms with Gasteiger partial charge in [0.15, 0.2) is 6.61 Å². The highest BCUT2D eigenvalue weighted by atomic mass is 32.1. The number of carbonyl (C=O) groups excluding carboxylic acids is 1. The Morgan fingerprint density at radius 3 is 2.79 bits per heavy atom. The van der Waals surface area contributed by atoms with Crippen LogP contribution in [-0.4, -0.2) is 77.3 Å². The molecule has 2 aliphatic rings. The van der Waals surface area contributed by atoms with Gasteiger partial charge in [0.1, 0.15) is 11.4 Å². The summed E-state index contributed by atoms with van der Waals surface area (Å²) in [5.74, 6) is -0.122. The van der Waals surface area contributed by atoms with Crippen molar-refractivity contribution in [2.24, 2.45) is 0 Å². The third-order valence-electron chi connectivity index (χ3n) is 6.01. The maximum absolute atomic E-state index is 12.3. The Hall–Kier alpha value is -2.25. The van der Waals surface area contributed by atoms with E-state index in [1.807, 2.05) is 0 Å². The Kier molecular flexibility index (Phi) is 8.04. The smallest absolute Gasteiger partial charge is 0.422 e. The Morgan fingerprint density at radius 1 is 1.26 bits per heavy atom. The van der Waals surface area contributed by atoms with Gasteiger partial charge < -0.3 is 19.7 Å². The first-order valence-electron chi connectivity index (χ1n) is 11.3. The molecule has 13 heteroatoms. The van der Waals surface area contributed by atoms with E-state index >= 15 is 0 Å². The molecule has 4 heterocycles. The molecule has 188 valence electrons. The van der Waals surface area contributed by atoms with Crippen LogP contribution in [0.1, 0.15) is 41.2 Å². The van der Waals surface area contributed by atoms with Crippen molar-refractivity contribution in [3.63, 3.8) is 0 Å². The van der Waals surface area contributed by atoms with Gasteiger partial charge in [0, 0.05) is 30.9 Å². The molecule has 0 aliphatic carbocycles. The summed E-state index contributed by atoms with van der Waals surface area (Å²) in [7, 11) is 0. The van der Waals surface area contributed by atoms with Crippen LogP contribution in [0.25, 0.3) is 0 Å². The molecule has 1 saturated heterocycles. The highest BCUT2D eigenvalue weighted by Gasteiger charge is 2.30. The fourth-order valence-corrected chi connectivity index (χ4v) is 5.07. The number of amides is 1. The maximum atomic E-state index is 12.3. The predicted molar refractivity (Wildman–Crippen MR) is 116 cm³/mol. The Morgan fingerprint density at radius 2 is 2.09 bits per heavy atom. The van der Waals surface area contributed by atoms with E-state index in [1.54, 1.807) is 6.92 Å². The predicted octanol–water partition coefficient (Wildman–Crippen LogP) is 2.47. The molecule has 2 atom stereocenters. The highest BCUT2D eigenvalue weighted by Crippen LogP contribution is 2.29. The first kappa shape index (κ1) is 24.9. The molecule has 2 aliphatic heterocycles. The summed E-state index contributed by atoms with van der Waals surface area (Å²) in [4.78, 5) is 19.8. The Labute approximate surface area is 199 Å². The van der Waals surface area contributed by atoms with Crippen molar-refractivity contribution in [1.82, 2.24) is 25.5 Å². The number of thiazole rings is 1. The second-order valence-electron chi connectivity index (χ2n) is 8.65. The van der Waals surface area contributed by atoms with Gasteiger partial charge in [-0.15, -0.1) is 0 Å². The number of rotatable bonds is 8. The van der Waals surface area contributed by atoms with Gasteiger partial charge in [-0.25, -0.2) is 9.61 Å². The highest BCUT2D eigenvalue weighted by molar-refractivity contribution is 7.13. The Bertz CT molecular complexity index is 933. The van der Waals surface area contributed by atoms with Gasteiger partial charge in [-0.05, 0) is 32.6 Å². The van der Waals surface area contributed by atoms with Crippen LogP contribution in [0.15, 0.2) is 4.63 Å². The molecule has 0 saturated carbocycles. The first-order chi connectivity index (χ1) is 16.2. The third-order valence-corrected chi connectivity index (χ3v) is 7.08. The summed E-state index contributed by atoms with van der Waals surface area (Å²) < 4.78 is 52.4. The van der Waals surface area contributed by atoms with Crippen LogP contribution in [0.4, 0.5) is 13.2 Å². The average Bonchev–Trinajstić information content (AvgIpc) is 3.32. The number of aromatic nitrogens is 3. The van der Waals surface area contributed by atoms with E-state index in [1.165, 1.54) is 11.3 Å². The fourth-order valence-electron chi connectivity index (χ4n) is 4.13. The van der Waals surface area contributed by atoms with Crippen molar-refractivity contribution in [3.8, 4) is 5.19 Å². The lowest BCUT2D eigenvalue weighted by Gasteiger charge is -2.31. The molecule has 0 radical (unpaired) electrons. The molecular formula is C21H28F3N5O4S. The number of aryl methyl sites for hydroxylation is 1. The van der Waals surface area contributed by atoms with Crippen molar-refractivity contribution >= 4 is 17.2 Å². The second-order valence-corrected chi connectivity index (χ2v) is 9.70. The van der Waals surface area contributed by atoms with Crippen LogP contribution in [0.2, 0.25) is 0 Å². The zero-order valence-corrected chi connectivity index (χ0v) is 19.7. The second kappa shape index (κ2) is 11.0. The number of carbonyl (C=O) groups is 1. The summed E-state index contributed by atoms with van der Waals surface area (Å²) in [5, 5.41) is 10.5. The van der Waals surface area contributed by atoms with Crippen LogP contribution in [-0.2, 0) is 28.8 Å². The molecule has 1 N–H and O–H groups in total. The lowest BCUT2D eigenvalue weighted by Crippen LogP contribution is -2.44. The SMILES string of the molecule is Cc1nonc1CC(=O)N[C@H]1CC[C@H](CCN2CCc3nc(OCC(F)(F)F)sc3CC2)OC1. The summed E-state index contributed by atoms with van der Waals surface area (Å²) in [6.45, 7) is 3.43. The van der Waals surface area contributed by atoms with Crippen molar-refractivity contribution in [2.75, 3.05) is 32.8 Å². The standard InChI is InChI=1S/C21H28F3N5O4S/c1-13-17(28-33-27-13)10-19(30)25-14-2-3-15(31-11-14)4-7-29-8-5-16-18(6-9-29)34-20(26-16)32-12-21(22,23)24/h14-15H,2-12H2,1H3,(H,25,30)/t14-,15+/m0/s1. The number of hydrogen-bond donors (Lipinski definition) is 1. The van der Waals surface area contributed by atoms with E-state index in [9.17, 15) is 18.0 Å². The van der Waals surface area contributed by atoms with Gasteiger partial charge >= 0.3 is 6.18 Å². The normalized spacial score (nSPS) is 21.6. The number of fused-ring (bicyclic) bond motifs is 1. The molecule has 9 nitrogen and oxygen atoms in total. The number of hydrogen-bond acceptors (Lipinski definition) is 9. The minimum absolute atomic E-state index is 0.0158. The van der Waals surface area contributed by atoms with Gasteiger partial charge in [0.2, 0.25) is 5.91 Å². The minimum atomic E-state index is -4.36. The molecule has 1 fully saturated rings. The van der Waals surface area contributed by atoms with E-state index in [-0.39, 0.29) is 29.7 Å². The lowest BCUT2D eigenvalue weighted by molar-refractivity contribution is -0.153. The molecule has 1 amide bonds. The van der Waals surface area contributed by atoms with Gasteiger partial charge in [0.05, 0.1) is 30.9 Å². The van der Waals surface area contributed by atoms with Crippen LogP contribution >= 0.6 is 11.3 Å². The van der Waals surface area contributed by atoms with E-state index in [0.29, 0.717) is 24.4 Å².